The number of nitrogens with one attached hydrogen (secondary N) is 2. The van der Waals surface area contributed by atoms with Crippen molar-refractivity contribution in [1.82, 2.24) is 10.3 Å². The van der Waals surface area contributed by atoms with Gasteiger partial charge in [0.05, 0.1) is 0 Å². The average molecular weight is 275 g/mol. The third-order valence-corrected chi connectivity index (χ3v) is 3.42. The first-order chi connectivity index (χ1) is 9.72. The van der Waals surface area contributed by atoms with Gasteiger partial charge in [-0.1, -0.05) is 18.2 Å². The number of aromatic nitrogens is 1. The van der Waals surface area contributed by atoms with E-state index >= 15 is 0 Å². The Morgan fingerprint density at radius 1 is 1.35 bits per heavy atom. The molecule has 0 saturated carbocycles. The second-order valence-electron chi connectivity index (χ2n) is 4.90. The SMILES string of the molecule is NCCCCNC(Cc1c[nH]c2ccccc12)C(=O)O. The highest BCUT2D eigenvalue weighted by molar-refractivity contribution is 5.84. The Morgan fingerprint density at radius 3 is 2.90 bits per heavy atom. The maximum atomic E-state index is 11.3. The first-order valence-electron chi connectivity index (χ1n) is 6.93. The van der Waals surface area contributed by atoms with Crippen LogP contribution in [0.4, 0.5) is 0 Å². The Hall–Kier alpha value is -1.85. The van der Waals surface area contributed by atoms with E-state index in [0.717, 1.165) is 29.3 Å². The van der Waals surface area contributed by atoms with Gasteiger partial charge in [0.1, 0.15) is 6.04 Å². The van der Waals surface area contributed by atoms with Gasteiger partial charge in [-0.05, 0) is 37.6 Å². The zero-order valence-electron chi connectivity index (χ0n) is 11.4. The van der Waals surface area contributed by atoms with E-state index in [1.807, 2.05) is 30.5 Å². The van der Waals surface area contributed by atoms with Crippen molar-refractivity contribution < 1.29 is 9.90 Å². The first-order valence-corrected chi connectivity index (χ1v) is 6.93. The lowest BCUT2D eigenvalue weighted by Crippen LogP contribution is -2.39. The van der Waals surface area contributed by atoms with E-state index in [4.69, 9.17) is 5.73 Å². The van der Waals surface area contributed by atoms with Gasteiger partial charge in [-0.25, -0.2) is 0 Å². The number of benzene rings is 1. The van der Waals surface area contributed by atoms with Gasteiger partial charge in [0.2, 0.25) is 0 Å². The topological polar surface area (TPSA) is 91.1 Å². The molecule has 0 fully saturated rings. The minimum absolute atomic E-state index is 0.474. The number of fused-ring (bicyclic) bond motifs is 1. The maximum Gasteiger partial charge on any atom is 0.321 e. The highest BCUT2D eigenvalue weighted by Gasteiger charge is 2.18. The third-order valence-electron chi connectivity index (χ3n) is 3.42. The molecule has 0 aliphatic rings. The van der Waals surface area contributed by atoms with E-state index in [1.165, 1.54) is 0 Å². The fraction of sp³-hybridized carbons (Fsp3) is 0.400. The molecule has 0 spiro atoms. The number of nitrogens with two attached hydrogens (primary N) is 1. The summed E-state index contributed by atoms with van der Waals surface area (Å²) in [5, 5.41) is 13.5. The Balaban J connectivity index is 2.02. The molecule has 1 unspecified atom stereocenters. The molecule has 5 N–H and O–H groups in total. The van der Waals surface area contributed by atoms with Gasteiger partial charge in [0.15, 0.2) is 0 Å². The normalized spacial score (nSPS) is 12.7. The third kappa shape index (κ3) is 3.59. The molecule has 5 nitrogen and oxygen atoms in total. The molecular weight excluding hydrogens is 254 g/mol. The fourth-order valence-corrected chi connectivity index (χ4v) is 2.31. The quantitative estimate of drug-likeness (QED) is 0.549. The van der Waals surface area contributed by atoms with Crippen molar-refractivity contribution in [2.24, 2.45) is 5.73 Å². The monoisotopic (exact) mass is 275 g/mol. The predicted molar refractivity (Wildman–Crippen MR) is 79.7 cm³/mol. The Kier molecular flexibility index (Phi) is 5.15. The summed E-state index contributed by atoms with van der Waals surface area (Å²) in [6.45, 7) is 1.32. The number of carboxylic acid groups (broad SMARTS) is 1. The van der Waals surface area contributed by atoms with Crippen molar-refractivity contribution >= 4 is 16.9 Å². The van der Waals surface area contributed by atoms with Gasteiger partial charge in [-0.15, -0.1) is 0 Å². The Bertz CT molecular complexity index is 565. The van der Waals surface area contributed by atoms with Gasteiger partial charge in [-0.3, -0.25) is 4.79 Å². The van der Waals surface area contributed by atoms with Crippen LogP contribution in [0.3, 0.4) is 0 Å². The zero-order valence-corrected chi connectivity index (χ0v) is 11.4. The first kappa shape index (κ1) is 14.6. The minimum Gasteiger partial charge on any atom is -0.480 e. The van der Waals surface area contributed by atoms with Crippen LogP contribution in [0.2, 0.25) is 0 Å². The molecule has 0 radical (unpaired) electrons. The molecule has 1 aromatic heterocycles. The van der Waals surface area contributed by atoms with Crippen LogP contribution in [-0.2, 0) is 11.2 Å². The van der Waals surface area contributed by atoms with Crippen LogP contribution in [0.1, 0.15) is 18.4 Å². The molecule has 20 heavy (non-hydrogen) atoms. The van der Waals surface area contributed by atoms with Crippen molar-refractivity contribution in [2.45, 2.75) is 25.3 Å². The van der Waals surface area contributed by atoms with Gasteiger partial charge >= 0.3 is 5.97 Å². The number of carbonyl (C=O) groups is 1. The molecule has 0 bridgehead atoms. The molecule has 1 aromatic carbocycles. The molecule has 0 aliphatic heterocycles. The molecule has 2 rings (SSSR count). The summed E-state index contributed by atoms with van der Waals surface area (Å²) in [4.78, 5) is 14.5. The minimum atomic E-state index is -0.817. The highest BCUT2D eigenvalue weighted by Crippen LogP contribution is 2.19. The van der Waals surface area contributed by atoms with Crippen molar-refractivity contribution in [3.63, 3.8) is 0 Å². The van der Waals surface area contributed by atoms with Crippen molar-refractivity contribution in [1.29, 1.82) is 0 Å². The summed E-state index contributed by atoms with van der Waals surface area (Å²) in [7, 11) is 0. The lowest BCUT2D eigenvalue weighted by molar-refractivity contribution is -0.139. The van der Waals surface area contributed by atoms with Gasteiger partial charge in [0.25, 0.3) is 0 Å². The number of hydrogen-bond donors (Lipinski definition) is 4. The Labute approximate surface area is 118 Å². The lowest BCUT2D eigenvalue weighted by atomic mass is 10.0. The summed E-state index contributed by atoms with van der Waals surface area (Å²) in [6, 6.07) is 7.36. The molecule has 108 valence electrons. The summed E-state index contributed by atoms with van der Waals surface area (Å²) in [5.74, 6) is -0.817. The van der Waals surface area contributed by atoms with Crippen LogP contribution in [-0.4, -0.2) is 35.2 Å². The number of H-pyrrole nitrogens is 1. The van der Waals surface area contributed by atoms with E-state index in [9.17, 15) is 9.90 Å². The predicted octanol–water partition coefficient (Wildman–Crippen LogP) is 1.49. The van der Waals surface area contributed by atoms with Crippen LogP contribution in [0, 0.1) is 0 Å². The number of para-hydroxylation sites is 1. The summed E-state index contributed by atoms with van der Waals surface area (Å²) in [5.41, 5.74) is 7.49. The zero-order chi connectivity index (χ0) is 14.4. The number of rotatable bonds is 8. The molecule has 1 atom stereocenters. The van der Waals surface area contributed by atoms with Gasteiger partial charge in [0, 0.05) is 23.5 Å². The summed E-state index contributed by atoms with van der Waals surface area (Å²) >= 11 is 0. The fourth-order valence-electron chi connectivity index (χ4n) is 2.31. The van der Waals surface area contributed by atoms with E-state index < -0.39 is 12.0 Å². The number of unbranched alkanes of at least 4 members (excludes halogenated alkanes) is 1. The van der Waals surface area contributed by atoms with E-state index in [0.29, 0.717) is 19.5 Å². The van der Waals surface area contributed by atoms with Crippen LogP contribution in [0.25, 0.3) is 10.9 Å². The molecular formula is C15H21N3O2. The molecule has 2 aromatic rings. The van der Waals surface area contributed by atoms with Crippen LogP contribution in [0.15, 0.2) is 30.5 Å². The molecule has 0 aliphatic carbocycles. The van der Waals surface area contributed by atoms with Crippen molar-refractivity contribution in [2.75, 3.05) is 13.1 Å². The van der Waals surface area contributed by atoms with Crippen LogP contribution >= 0.6 is 0 Å². The Morgan fingerprint density at radius 2 is 2.15 bits per heavy atom. The smallest absolute Gasteiger partial charge is 0.321 e. The highest BCUT2D eigenvalue weighted by atomic mass is 16.4. The lowest BCUT2D eigenvalue weighted by Gasteiger charge is -2.13. The maximum absolute atomic E-state index is 11.3. The largest absolute Gasteiger partial charge is 0.480 e. The average Bonchev–Trinajstić information content (AvgIpc) is 2.85. The molecule has 1 heterocycles. The van der Waals surface area contributed by atoms with Crippen molar-refractivity contribution in [3.05, 3.63) is 36.0 Å². The summed E-state index contributed by atoms with van der Waals surface area (Å²) < 4.78 is 0. The van der Waals surface area contributed by atoms with Gasteiger partial charge in [-0.2, -0.15) is 0 Å². The van der Waals surface area contributed by atoms with E-state index in [-0.39, 0.29) is 0 Å². The molecule has 0 amide bonds. The van der Waals surface area contributed by atoms with E-state index in [2.05, 4.69) is 10.3 Å². The number of hydrogen-bond acceptors (Lipinski definition) is 3. The second kappa shape index (κ2) is 7.07. The van der Waals surface area contributed by atoms with Crippen LogP contribution < -0.4 is 11.1 Å². The number of aliphatic carboxylic acids is 1. The standard InChI is InChI=1S/C15H21N3O2/c16-7-3-4-8-17-14(15(19)20)9-11-10-18-13-6-2-1-5-12(11)13/h1-2,5-6,10,14,17-18H,3-4,7-9,16H2,(H,19,20). The van der Waals surface area contributed by atoms with Gasteiger partial charge < -0.3 is 21.1 Å². The molecule has 5 heteroatoms. The van der Waals surface area contributed by atoms with E-state index in [1.54, 1.807) is 0 Å². The van der Waals surface area contributed by atoms with Crippen molar-refractivity contribution in [3.8, 4) is 0 Å². The van der Waals surface area contributed by atoms with Crippen LogP contribution in [0.5, 0.6) is 0 Å². The second-order valence-corrected chi connectivity index (χ2v) is 4.90. The number of carboxylic acids is 1. The number of aromatic amines is 1. The molecule has 0 saturated heterocycles. The summed E-state index contributed by atoms with van der Waals surface area (Å²) in [6.07, 6.45) is 4.17.